The Morgan fingerprint density at radius 1 is 0.925 bits per heavy atom. The van der Waals surface area contributed by atoms with E-state index in [1.165, 1.54) is 43.5 Å². The number of para-hydroxylation sites is 1. The zero-order valence-electron chi connectivity index (χ0n) is 40.6. The molecule has 3 atom stereocenters. The molecule has 1 amide bonds. The van der Waals surface area contributed by atoms with Crippen LogP contribution in [0.2, 0.25) is 0 Å². The summed E-state index contributed by atoms with van der Waals surface area (Å²) < 4.78 is 29.8. The average molecular weight is 952 g/mol. The minimum absolute atomic E-state index is 0.0638. The molecule has 2 aliphatic rings. The zero-order chi connectivity index (χ0) is 50.7. The van der Waals surface area contributed by atoms with Gasteiger partial charge in [0.2, 0.25) is 5.91 Å². The molecule has 0 spiro atoms. The lowest BCUT2D eigenvalue weighted by Crippen LogP contribution is -2.31. The van der Waals surface area contributed by atoms with Crippen LogP contribution in [-0.2, 0) is 14.3 Å². The van der Waals surface area contributed by atoms with Gasteiger partial charge in [-0.05, 0) is 98.7 Å². The third-order valence-corrected chi connectivity index (χ3v) is 11.0. The Balaban J connectivity index is 0. The highest BCUT2D eigenvalue weighted by atomic mass is 32.2. The summed E-state index contributed by atoms with van der Waals surface area (Å²) in [5.74, 6) is 1.04. The number of halogens is 2. The van der Waals surface area contributed by atoms with Gasteiger partial charge in [0.1, 0.15) is 30.0 Å². The van der Waals surface area contributed by atoms with Crippen LogP contribution in [0.25, 0.3) is 0 Å². The first-order valence-electron chi connectivity index (χ1n) is 22.9. The van der Waals surface area contributed by atoms with E-state index in [4.69, 9.17) is 25.8 Å². The molecule has 0 aliphatic heterocycles. The maximum Gasteiger partial charge on any atom is 0.241 e. The fraction of sp³-hybridized carbons (Fsp3) is 0.444. The van der Waals surface area contributed by atoms with Crippen LogP contribution < -0.4 is 16.0 Å². The molecule has 2 aliphatic carbocycles. The second-order valence-electron chi connectivity index (χ2n) is 14.7. The number of rotatable bonds is 18. The average Bonchev–Trinajstić information content (AvgIpc) is 3.56. The quantitative estimate of drug-likeness (QED) is 0.0313. The molecule has 0 aromatic heterocycles. The standard InChI is InChI=1S/C18H22FNOS.C9H12N2O.C9H10O3.C7H14O2.C5H11F.C4H8.C2H2/c1-3-20(17-7-5-4-6-8-17)14(2)22-13-18(21)15-9-11-16(19)12-10-15;1-11-9(12)8(10)7-5-3-2-4-6-7;10-6-7-12-9-3-1-2-8(11)4-5-9;1-2-3-7(6-9)4-5-8;1-3-5(6)4-2;1-2-4-3-1;1-2/h4-12,14,18,21H,3,13H2,1-2H3;2-6,8H,10H2,1H3,(H,11,12);1-4,6,11H,5,7H2;3,8-9H,2,4-6H2,1H3;5H,3-4H2,1-2H3;1-4H2;1-2H/b;;;7-3+;;;. The molecule has 3 aromatic rings. The van der Waals surface area contributed by atoms with Gasteiger partial charge in [-0.2, -0.15) is 0 Å². The smallest absolute Gasteiger partial charge is 0.241 e. The van der Waals surface area contributed by atoms with Crippen molar-refractivity contribution >= 4 is 29.6 Å². The van der Waals surface area contributed by atoms with Gasteiger partial charge in [0.15, 0.2) is 6.29 Å². The Hall–Kier alpha value is -5.23. The number of thioether (sulfide) groups is 1. The Bertz CT molecular complexity index is 1800. The van der Waals surface area contributed by atoms with E-state index >= 15 is 0 Å². The number of nitrogens with zero attached hydrogens (tertiary/aromatic N) is 1. The summed E-state index contributed by atoms with van der Waals surface area (Å²) in [6.07, 6.45) is 25.5. The number of carbonyl (C=O) groups is 2. The first-order chi connectivity index (χ1) is 32.3. The maximum atomic E-state index is 12.9. The van der Waals surface area contributed by atoms with E-state index in [0.717, 1.165) is 29.7 Å². The van der Waals surface area contributed by atoms with Crippen LogP contribution in [0, 0.1) is 18.7 Å². The van der Waals surface area contributed by atoms with E-state index < -0.39 is 18.3 Å². The van der Waals surface area contributed by atoms with Crippen LogP contribution in [0.5, 0.6) is 0 Å². The molecule has 0 heterocycles. The van der Waals surface area contributed by atoms with Crippen LogP contribution in [0.3, 0.4) is 0 Å². The normalized spacial score (nSPS) is 13.5. The number of amides is 1. The second-order valence-corrected chi connectivity index (χ2v) is 16.0. The zero-order valence-corrected chi connectivity index (χ0v) is 41.4. The number of benzene rings is 3. The lowest BCUT2D eigenvalue weighted by atomic mass is 10.0. The van der Waals surface area contributed by atoms with Crippen LogP contribution >= 0.6 is 11.8 Å². The Labute approximate surface area is 405 Å². The number of alkyl halides is 1. The minimum Gasteiger partial charge on any atom is -0.508 e. The van der Waals surface area contributed by atoms with Crippen molar-refractivity contribution in [2.75, 3.05) is 44.1 Å². The predicted octanol–water partition coefficient (Wildman–Crippen LogP) is 11.0. The van der Waals surface area contributed by atoms with Gasteiger partial charge in [-0.3, -0.25) is 9.59 Å². The predicted molar refractivity (Wildman–Crippen MR) is 276 cm³/mol. The number of nitrogens with two attached hydrogens (primary N) is 1. The SMILES string of the molecule is C#C.C1CCC1.CC/C=C(/CO)CCO.CCC(F)CC.CCN(c1ccccc1)C(C)SCC(O)c1ccc(F)cc1.CNC(=O)C(N)c1ccccc1.O=CCOC1=CC=CC(O)=CC1. The van der Waals surface area contributed by atoms with Gasteiger partial charge < -0.3 is 41.1 Å². The van der Waals surface area contributed by atoms with Crippen molar-refractivity contribution in [1.29, 1.82) is 0 Å². The van der Waals surface area contributed by atoms with Crippen LogP contribution in [0.15, 0.2) is 132 Å². The van der Waals surface area contributed by atoms with Gasteiger partial charge in [-0.1, -0.05) is 119 Å². The monoisotopic (exact) mass is 952 g/mol. The summed E-state index contributed by atoms with van der Waals surface area (Å²) in [7, 11) is 1.57. The van der Waals surface area contributed by atoms with Crippen molar-refractivity contribution in [1.82, 2.24) is 5.32 Å². The van der Waals surface area contributed by atoms with Crippen LogP contribution in [0.1, 0.15) is 116 Å². The van der Waals surface area contributed by atoms with Crippen molar-refractivity contribution in [3.05, 3.63) is 149 Å². The molecule has 3 aromatic carbocycles. The minimum atomic E-state index is -0.581. The number of anilines is 1. The number of ether oxygens (including phenoxy) is 1. The number of nitrogens with one attached hydrogen (secondary N) is 1. The van der Waals surface area contributed by atoms with Crippen molar-refractivity contribution in [3.8, 4) is 12.8 Å². The van der Waals surface area contributed by atoms with Crippen LogP contribution in [-0.4, -0.2) is 83.3 Å². The number of aldehydes is 1. The van der Waals surface area contributed by atoms with Crippen molar-refractivity contribution in [3.63, 3.8) is 0 Å². The number of hydrogen-bond donors (Lipinski definition) is 6. The summed E-state index contributed by atoms with van der Waals surface area (Å²) in [6, 6.07) is 25.0. The first-order valence-corrected chi connectivity index (χ1v) is 24.0. The first kappa shape index (κ1) is 63.9. The molecule has 7 N–H and O–H groups in total. The van der Waals surface area contributed by atoms with Crippen molar-refractivity contribution in [2.24, 2.45) is 5.73 Å². The number of aliphatic hydroxyl groups is 4. The number of hydrogen-bond acceptors (Lipinski definition) is 10. The molecule has 10 nitrogen and oxygen atoms in total. The van der Waals surface area contributed by atoms with Gasteiger partial charge in [0.05, 0.1) is 24.3 Å². The van der Waals surface area contributed by atoms with E-state index in [1.54, 1.807) is 55.2 Å². The number of carbonyl (C=O) groups excluding carboxylic acids is 2. The molecule has 1 fully saturated rings. The van der Waals surface area contributed by atoms with Gasteiger partial charge in [0, 0.05) is 38.1 Å². The highest BCUT2D eigenvalue weighted by Crippen LogP contribution is 2.27. The van der Waals surface area contributed by atoms with Crippen LogP contribution in [0.4, 0.5) is 14.5 Å². The Morgan fingerprint density at radius 2 is 1.49 bits per heavy atom. The lowest BCUT2D eigenvalue weighted by molar-refractivity contribution is -0.122. The topological polar surface area (TPSA) is 166 Å². The summed E-state index contributed by atoms with van der Waals surface area (Å²) in [5, 5.41) is 39.1. The molecule has 3 unspecified atom stereocenters. The summed E-state index contributed by atoms with van der Waals surface area (Å²) >= 11 is 1.69. The molecule has 5 rings (SSSR count). The van der Waals surface area contributed by atoms with Gasteiger partial charge in [0.25, 0.3) is 0 Å². The highest BCUT2D eigenvalue weighted by Gasteiger charge is 2.16. The van der Waals surface area contributed by atoms with E-state index in [2.05, 4.69) is 49.0 Å². The molecular formula is C54H79F2N3O7S. The van der Waals surface area contributed by atoms with E-state index in [0.29, 0.717) is 43.5 Å². The maximum absolute atomic E-state index is 12.9. The lowest BCUT2D eigenvalue weighted by Gasteiger charge is -2.30. The van der Waals surface area contributed by atoms with E-state index in [1.807, 2.05) is 75.4 Å². The number of likely N-dealkylation sites (N-methyl/N-ethyl adjacent to an activating group) is 1. The molecule has 1 saturated carbocycles. The van der Waals surface area contributed by atoms with Crippen molar-refractivity contribution in [2.45, 2.75) is 116 Å². The fourth-order valence-corrected chi connectivity index (χ4v) is 6.50. The summed E-state index contributed by atoms with van der Waals surface area (Å²) in [6.45, 7) is 11.2. The molecule has 13 heteroatoms. The highest BCUT2D eigenvalue weighted by molar-refractivity contribution is 8.00. The van der Waals surface area contributed by atoms with Gasteiger partial charge in [-0.25, -0.2) is 8.78 Å². The van der Waals surface area contributed by atoms with E-state index in [-0.39, 0.29) is 42.7 Å². The van der Waals surface area contributed by atoms with Crippen molar-refractivity contribution < 1.29 is 43.5 Å². The summed E-state index contributed by atoms with van der Waals surface area (Å²) in [5.41, 5.74) is 9.33. The third kappa shape index (κ3) is 32.2. The molecule has 372 valence electrons. The van der Waals surface area contributed by atoms with Gasteiger partial charge >= 0.3 is 0 Å². The fourth-order valence-electron chi connectivity index (χ4n) is 5.40. The molecule has 67 heavy (non-hydrogen) atoms. The summed E-state index contributed by atoms with van der Waals surface area (Å²) in [4.78, 5) is 23.3. The number of aliphatic hydroxyl groups excluding tert-OH is 4. The molecule has 0 radical (unpaired) electrons. The molecule has 0 bridgehead atoms. The number of terminal acetylenes is 1. The largest absolute Gasteiger partial charge is 0.508 e. The third-order valence-electron chi connectivity index (χ3n) is 9.72. The molecule has 0 saturated heterocycles. The Kier molecular flexibility index (Phi) is 41.3. The number of allylic oxidation sites excluding steroid dienone is 5. The second kappa shape index (κ2) is 43.3. The van der Waals surface area contributed by atoms with Gasteiger partial charge in [-0.15, -0.1) is 24.6 Å². The Morgan fingerprint density at radius 3 is 1.94 bits per heavy atom. The van der Waals surface area contributed by atoms with E-state index in [9.17, 15) is 23.5 Å². The molecular weight excluding hydrogens is 873 g/mol.